The molecule has 1 aromatic heterocycles. The number of nitrogens with zero attached hydrogens (tertiary/aromatic N) is 3. The van der Waals surface area contributed by atoms with E-state index in [1.165, 1.54) is 4.90 Å². The molecule has 0 N–H and O–H groups in total. The molecule has 3 fully saturated rings. The molecule has 1 amide bonds. The summed E-state index contributed by atoms with van der Waals surface area (Å²) in [5.41, 5.74) is -0.681. The van der Waals surface area contributed by atoms with Gasteiger partial charge < -0.3 is 14.1 Å². The third kappa shape index (κ3) is 3.98. The van der Waals surface area contributed by atoms with E-state index in [1.807, 2.05) is 0 Å². The monoisotopic (exact) mass is 485 g/mol. The van der Waals surface area contributed by atoms with Gasteiger partial charge in [-0.2, -0.15) is 13.2 Å². The number of piperidine rings is 1. The lowest BCUT2D eigenvalue weighted by Gasteiger charge is -2.24. The van der Waals surface area contributed by atoms with Gasteiger partial charge in [-0.15, -0.1) is 10.2 Å². The summed E-state index contributed by atoms with van der Waals surface area (Å²) in [6.45, 7) is 1.45. The summed E-state index contributed by atoms with van der Waals surface area (Å²) in [7, 11) is -3.69. The Hall–Kier alpha value is -2.63. The van der Waals surface area contributed by atoms with Crippen molar-refractivity contribution >= 4 is 15.7 Å². The maximum Gasteiger partial charge on any atom is 0.425 e. The number of alkyl halides is 3. The second-order valence-electron chi connectivity index (χ2n) is 9.19. The first-order chi connectivity index (χ1) is 15.4. The molecule has 2 aliphatic carbocycles. The van der Waals surface area contributed by atoms with Crippen LogP contribution in [0.4, 0.5) is 13.2 Å². The Morgan fingerprint density at radius 3 is 2.67 bits per heavy atom. The molecule has 2 heterocycles. The number of aromatic nitrogens is 2. The molecular weight excluding hydrogens is 463 g/mol. The molecule has 3 unspecified atom stereocenters. The molecule has 5 rings (SSSR count). The summed E-state index contributed by atoms with van der Waals surface area (Å²) in [5, 5.41) is 8.30. The number of halogens is 3. The lowest BCUT2D eigenvalue weighted by atomic mass is 10.1. The van der Waals surface area contributed by atoms with Crippen LogP contribution in [0.1, 0.15) is 54.2 Å². The second kappa shape index (κ2) is 7.18. The predicted molar refractivity (Wildman–Crippen MR) is 108 cm³/mol. The van der Waals surface area contributed by atoms with Gasteiger partial charge in [-0.05, 0) is 50.3 Å². The topological polar surface area (TPSA) is 103 Å². The number of hydrogen-bond donors (Lipinski definition) is 0. The zero-order valence-electron chi connectivity index (χ0n) is 17.9. The quantitative estimate of drug-likeness (QED) is 0.620. The molecule has 0 bridgehead atoms. The minimum atomic E-state index is -4.65. The van der Waals surface area contributed by atoms with Gasteiger partial charge in [0.05, 0.1) is 15.9 Å². The summed E-state index contributed by atoms with van der Waals surface area (Å²) in [5.74, 6) is 0.571. The Kier molecular flexibility index (Phi) is 4.83. The Labute approximate surface area is 188 Å². The maximum atomic E-state index is 13.3. The van der Waals surface area contributed by atoms with Crippen molar-refractivity contribution in [1.29, 1.82) is 0 Å². The van der Waals surface area contributed by atoms with Crippen LogP contribution >= 0.6 is 0 Å². The molecule has 0 spiro atoms. The average Bonchev–Trinajstić information content (AvgIpc) is 3.61. The smallest absolute Gasteiger partial charge is 0.425 e. The van der Waals surface area contributed by atoms with Crippen LogP contribution < -0.4 is 4.74 Å². The minimum absolute atomic E-state index is 0.102. The molecule has 3 atom stereocenters. The van der Waals surface area contributed by atoms with Gasteiger partial charge in [-0.25, -0.2) is 8.42 Å². The molecule has 8 nitrogen and oxygen atoms in total. The molecule has 3 aliphatic rings. The first kappa shape index (κ1) is 22.2. The fraction of sp³-hybridized carbons (Fsp3) is 0.571. The predicted octanol–water partition coefficient (Wildman–Crippen LogP) is 3.09. The third-order valence-electron chi connectivity index (χ3n) is 6.60. The molecular formula is C21H22F3N3O5S. The number of amides is 1. The molecule has 1 saturated heterocycles. The largest absolute Gasteiger partial charge is 0.480 e. The van der Waals surface area contributed by atoms with Crippen LogP contribution in [0.2, 0.25) is 0 Å². The maximum absolute atomic E-state index is 13.3. The fourth-order valence-corrected chi connectivity index (χ4v) is 4.98. The van der Waals surface area contributed by atoms with Crippen molar-refractivity contribution in [1.82, 2.24) is 15.1 Å². The second-order valence-corrected chi connectivity index (χ2v) is 11.2. The number of hydrogen-bond acceptors (Lipinski definition) is 7. The Morgan fingerprint density at radius 1 is 1.30 bits per heavy atom. The van der Waals surface area contributed by atoms with Gasteiger partial charge in [0, 0.05) is 25.3 Å². The van der Waals surface area contributed by atoms with Crippen LogP contribution in [-0.2, 0) is 15.3 Å². The van der Waals surface area contributed by atoms with Crippen LogP contribution in [-0.4, -0.2) is 61.0 Å². The van der Waals surface area contributed by atoms with Crippen molar-refractivity contribution in [3.05, 3.63) is 35.5 Å². The van der Waals surface area contributed by atoms with E-state index in [0.717, 1.165) is 50.6 Å². The fourth-order valence-electron chi connectivity index (χ4n) is 4.34. The highest BCUT2D eigenvalue weighted by atomic mass is 32.2. The van der Waals surface area contributed by atoms with E-state index < -0.39 is 33.4 Å². The van der Waals surface area contributed by atoms with Gasteiger partial charge in [0.15, 0.2) is 15.9 Å². The van der Waals surface area contributed by atoms with E-state index in [-0.39, 0.29) is 28.7 Å². The minimum Gasteiger partial charge on any atom is -0.480 e. The number of carbonyl (C=O) groups excluding carboxylic acids is 1. The van der Waals surface area contributed by atoms with Crippen molar-refractivity contribution in [3.8, 4) is 5.75 Å². The molecule has 2 aromatic rings. The van der Waals surface area contributed by atoms with E-state index in [9.17, 15) is 26.4 Å². The van der Waals surface area contributed by atoms with Gasteiger partial charge in [-0.1, -0.05) is 0 Å². The highest BCUT2D eigenvalue weighted by Gasteiger charge is 2.65. The van der Waals surface area contributed by atoms with Crippen molar-refractivity contribution in [2.24, 2.45) is 5.92 Å². The summed E-state index contributed by atoms with van der Waals surface area (Å²) in [6.07, 6.45) is -3.06. The molecule has 2 saturated carbocycles. The number of likely N-dealkylation sites (tertiary alicyclic amines) is 1. The van der Waals surface area contributed by atoms with Crippen LogP contribution in [0.5, 0.6) is 5.75 Å². The van der Waals surface area contributed by atoms with Crippen LogP contribution in [0.15, 0.2) is 27.5 Å². The first-order valence-corrected chi connectivity index (χ1v) is 12.5. The lowest BCUT2D eigenvalue weighted by Crippen LogP contribution is -2.35. The van der Waals surface area contributed by atoms with Crippen molar-refractivity contribution in [2.75, 3.05) is 19.3 Å². The molecule has 33 heavy (non-hydrogen) atoms. The molecule has 12 heteroatoms. The molecule has 1 aromatic carbocycles. The number of rotatable bonds is 6. The van der Waals surface area contributed by atoms with Gasteiger partial charge in [0.25, 0.3) is 5.91 Å². The summed E-state index contributed by atoms with van der Waals surface area (Å²) >= 11 is 0. The average molecular weight is 485 g/mol. The Bertz CT molecular complexity index is 1220. The van der Waals surface area contributed by atoms with Crippen LogP contribution in [0.3, 0.4) is 0 Å². The highest BCUT2D eigenvalue weighted by molar-refractivity contribution is 7.90. The normalized spacial score (nSPS) is 25.6. The number of fused-ring (bicyclic) bond motifs is 1. The van der Waals surface area contributed by atoms with Gasteiger partial charge >= 0.3 is 6.18 Å². The van der Waals surface area contributed by atoms with Crippen LogP contribution in [0, 0.1) is 5.92 Å². The van der Waals surface area contributed by atoms with Crippen LogP contribution in [0.25, 0.3) is 0 Å². The zero-order chi connectivity index (χ0) is 23.8. The first-order valence-electron chi connectivity index (χ1n) is 10.6. The summed E-state index contributed by atoms with van der Waals surface area (Å²) in [4.78, 5) is 14.7. The van der Waals surface area contributed by atoms with Gasteiger partial charge in [-0.3, -0.25) is 4.79 Å². The molecule has 0 radical (unpaired) electrons. The summed E-state index contributed by atoms with van der Waals surface area (Å²) in [6, 6.07) is 3.30. The van der Waals surface area contributed by atoms with E-state index in [0.29, 0.717) is 24.2 Å². The van der Waals surface area contributed by atoms with E-state index in [1.54, 1.807) is 0 Å². The van der Waals surface area contributed by atoms with E-state index >= 15 is 0 Å². The number of ether oxygens (including phenoxy) is 1. The standard InChI is InChI=1S/C21H22F3N3O5S/c1-11(21(22,23)24)31-16-6-5-14(33(2,29)30)7-15(16)18(28)27-9-13-8-20(13,10-27)19-26-25-17(32-19)12-3-4-12/h5-7,11-13H,3-4,8-10H2,1-2H3. The van der Waals surface area contributed by atoms with Crippen molar-refractivity contribution < 1.29 is 35.5 Å². The number of carbonyl (C=O) groups is 1. The van der Waals surface area contributed by atoms with E-state index in [2.05, 4.69) is 10.2 Å². The zero-order valence-corrected chi connectivity index (χ0v) is 18.7. The SMILES string of the molecule is CC(Oc1ccc(S(C)(=O)=O)cc1C(=O)N1CC2CC2(c2nnc(C3CC3)o2)C1)C(F)(F)F. The Morgan fingerprint density at radius 2 is 2.03 bits per heavy atom. The molecule has 178 valence electrons. The molecule has 1 aliphatic heterocycles. The number of sulfone groups is 1. The van der Waals surface area contributed by atoms with Gasteiger partial charge in [0.2, 0.25) is 11.8 Å². The van der Waals surface area contributed by atoms with Gasteiger partial charge in [0.1, 0.15) is 5.75 Å². The van der Waals surface area contributed by atoms with Crippen molar-refractivity contribution in [3.63, 3.8) is 0 Å². The van der Waals surface area contributed by atoms with E-state index in [4.69, 9.17) is 9.15 Å². The number of benzene rings is 1. The highest BCUT2D eigenvalue weighted by Crippen LogP contribution is 2.59. The third-order valence-corrected chi connectivity index (χ3v) is 7.71. The Balaban J connectivity index is 1.42. The lowest BCUT2D eigenvalue weighted by molar-refractivity contribution is -0.189. The summed E-state index contributed by atoms with van der Waals surface area (Å²) < 4.78 is 74.1. The van der Waals surface area contributed by atoms with Crippen molar-refractivity contribution in [2.45, 2.75) is 54.7 Å².